The van der Waals surface area contributed by atoms with Crippen LogP contribution in [-0.4, -0.2) is 37.9 Å². The van der Waals surface area contributed by atoms with Gasteiger partial charge in [0.2, 0.25) is 5.91 Å². The van der Waals surface area contributed by atoms with Crippen LogP contribution in [0.3, 0.4) is 0 Å². The highest BCUT2D eigenvalue weighted by molar-refractivity contribution is 5.76. The molecule has 0 saturated carbocycles. The number of aliphatic carboxylic acids is 1. The van der Waals surface area contributed by atoms with E-state index >= 15 is 0 Å². The maximum atomic E-state index is 12.7. The molecule has 0 bridgehead atoms. The molecule has 1 heterocycles. The van der Waals surface area contributed by atoms with Gasteiger partial charge in [-0.25, -0.2) is 0 Å². The molecule has 0 aliphatic carbocycles. The highest BCUT2D eigenvalue weighted by Crippen LogP contribution is 2.10. The third kappa shape index (κ3) is 6.07. The lowest BCUT2D eigenvalue weighted by atomic mass is 10.2. The van der Waals surface area contributed by atoms with Gasteiger partial charge < -0.3 is 10.0 Å². The number of carboxylic acid groups (broad SMARTS) is 1. The SMILES string of the molecule is O=C(O)CCCN(Cc1ccccc1)C(=O)Cn1cc([N+](=O)[O-])ccc1=O. The Hall–Kier alpha value is -3.49. The van der Waals surface area contributed by atoms with E-state index in [1.54, 1.807) is 0 Å². The van der Waals surface area contributed by atoms with Crippen LogP contribution in [0.1, 0.15) is 18.4 Å². The number of hydrogen-bond donors (Lipinski definition) is 1. The zero-order valence-corrected chi connectivity index (χ0v) is 14.5. The fourth-order valence-electron chi connectivity index (χ4n) is 2.51. The first-order chi connectivity index (χ1) is 12.9. The van der Waals surface area contributed by atoms with E-state index in [0.29, 0.717) is 0 Å². The van der Waals surface area contributed by atoms with Gasteiger partial charge in [-0.2, -0.15) is 0 Å². The zero-order valence-electron chi connectivity index (χ0n) is 14.5. The van der Waals surface area contributed by atoms with E-state index in [2.05, 4.69) is 0 Å². The number of carbonyl (C=O) groups is 2. The third-order valence-electron chi connectivity index (χ3n) is 3.87. The molecule has 1 aromatic carbocycles. The van der Waals surface area contributed by atoms with E-state index < -0.39 is 22.4 Å². The van der Waals surface area contributed by atoms with Gasteiger partial charge in [0.05, 0.1) is 11.1 Å². The van der Waals surface area contributed by atoms with Crippen LogP contribution in [0, 0.1) is 10.1 Å². The lowest BCUT2D eigenvalue weighted by Gasteiger charge is -2.23. The number of amides is 1. The standard InChI is InChI=1S/C18H19N3O6/c22-16-9-8-15(21(26)27)12-20(16)13-17(23)19(10-4-7-18(24)25)11-14-5-2-1-3-6-14/h1-3,5-6,8-9,12H,4,7,10-11,13H2,(H,24,25). The van der Waals surface area contributed by atoms with Crippen molar-refractivity contribution in [1.29, 1.82) is 0 Å². The average Bonchev–Trinajstić information content (AvgIpc) is 2.63. The minimum atomic E-state index is -0.961. The van der Waals surface area contributed by atoms with Crippen molar-refractivity contribution in [3.8, 4) is 0 Å². The fourth-order valence-corrected chi connectivity index (χ4v) is 2.51. The first-order valence-corrected chi connectivity index (χ1v) is 8.25. The number of nitro groups is 1. The van der Waals surface area contributed by atoms with Crippen molar-refractivity contribution in [2.45, 2.75) is 25.9 Å². The maximum Gasteiger partial charge on any atom is 0.303 e. The Labute approximate surface area is 154 Å². The second kappa shape index (κ2) is 9.27. The molecule has 0 atom stereocenters. The molecular weight excluding hydrogens is 354 g/mol. The molecule has 0 saturated heterocycles. The van der Waals surface area contributed by atoms with Gasteiger partial charge in [0.25, 0.3) is 11.2 Å². The second-order valence-electron chi connectivity index (χ2n) is 5.91. The molecule has 0 aliphatic heterocycles. The summed E-state index contributed by atoms with van der Waals surface area (Å²) in [6.45, 7) is 0.0904. The Morgan fingerprint density at radius 2 is 1.85 bits per heavy atom. The summed E-state index contributed by atoms with van der Waals surface area (Å²) in [4.78, 5) is 47.0. The number of carbonyl (C=O) groups excluding carboxylic acids is 1. The summed E-state index contributed by atoms with van der Waals surface area (Å²) in [5.74, 6) is -1.39. The topological polar surface area (TPSA) is 123 Å². The van der Waals surface area contributed by atoms with Crippen LogP contribution < -0.4 is 5.56 Å². The smallest absolute Gasteiger partial charge is 0.303 e. The van der Waals surface area contributed by atoms with E-state index in [1.165, 1.54) is 4.90 Å². The monoisotopic (exact) mass is 373 g/mol. The number of hydrogen-bond acceptors (Lipinski definition) is 5. The number of carboxylic acids is 1. The molecule has 142 valence electrons. The molecule has 2 aromatic rings. The lowest BCUT2D eigenvalue weighted by Crippen LogP contribution is -2.36. The van der Waals surface area contributed by atoms with Crippen LogP contribution >= 0.6 is 0 Å². The molecule has 1 aromatic heterocycles. The Bertz CT molecular complexity index is 878. The van der Waals surface area contributed by atoms with Crippen molar-refractivity contribution < 1.29 is 19.6 Å². The minimum absolute atomic E-state index is 0.0880. The molecule has 0 aliphatic rings. The quantitative estimate of drug-likeness (QED) is 0.527. The summed E-state index contributed by atoms with van der Waals surface area (Å²) in [6.07, 6.45) is 1.20. The first kappa shape index (κ1) is 19.8. The first-order valence-electron chi connectivity index (χ1n) is 8.25. The van der Waals surface area contributed by atoms with E-state index in [0.717, 1.165) is 28.5 Å². The number of rotatable bonds is 9. The van der Waals surface area contributed by atoms with E-state index in [1.807, 2.05) is 30.3 Å². The van der Waals surface area contributed by atoms with E-state index in [9.17, 15) is 24.5 Å². The second-order valence-corrected chi connectivity index (χ2v) is 5.91. The Balaban J connectivity index is 2.17. The Kier molecular flexibility index (Phi) is 6.81. The van der Waals surface area contributed by atoms with Gasteiger partial charge in [0.1, 0.15) is 6.54 Å². The van der Waals surface area contributed by atoms with Crippen LogP contribution in [0.4, 0.5) is 5.69 Å². The van der Waals surface area contributed by atoms with E-state index in [-0.39, 0.29) is 38.2 Å². The normalized spacial score (nSPS) is 10.4. The molecule has 0 radical (unpaired) electrons. The van der Waals surface area contributed by atoms with Gasteiger partial charge in [0.15, 0.2) is 0 Å². The lowest BCUT2D eigenvalue weighted by molar-refractivity contribution is -0.385. The number of benzene rings is 1. The van der Waals surface area contributed by atoms with Crippen molar-refractivity contribution in [2.24, 2.45) is 0 Å². The highest BCUT2D eigenvalue weighted by Gasteiger charge is 2.17. The average molecular weight is 373 g/mol. The van der Waals surface area contributed by atoms with Crippen molar-refractivity contribution in [1.82, 2.24) is 9.47 Å². The summed E-state index contributed by atoms with van der Waals surface area (Å²) in [7, 11) is 0. The van der Waals surface area contributed by atoms with Crippen LogP contribution in [0.5, 0.6) is 0 Å². The summed E-state index contributed by atoms with van der Waals surface area (Å²) in [6, 6.07) is 11.3. The van der Waals surface area contributed by atoms with Gasteiger partial charge in [-0.05, 0) is 12.0 Å². The molecular formula is C18H19N3O6. The number of aromatic nitrogens is 1. The van der Waals surface area contributed by atoms with Crippen molar-refractivity contribution in [2.75, 3.05) is 6.54 Å². The molecule has 9 nitrogen and oxygen atoms in total. The van der Waals surface area contributed by atoms with Gasteiger partial charge >= 0.3 is 5.97 Å². The largest absolute Gasteiger partial charge is 0.481 e. The molecule has 0 unspecified atom stereocenters. The number of nitrogens with zero attached hydrogens (tertiary/aromatic N) is 3. The molecule has 9 heteroatoms. The Morgan fingerprint density at radius 1 is 1.15 bits per heavy atom. The van der Waals surface area contributed by atoms with Crippen molar-refractivity contribution in [3.63, 3.8) is 0 Å². The summed E-state index contributed by atoms with van der Waals surface area (Å²) >= 11 is 0. The number of pyridine rings is 1. The minimum Gasteiger partial charge on any atom is -0.481 e. The summed E-state index contributed by atoms with van der Waals surface area (Å²) in [5.41, 5.74) is 0.0367. The van der Waals surface area contributed by atoms with Crippen molar-refractivity contribution in [3.05, 3.63) is 74.7 Å². The molecule has 0 fully saturated rings. The third-order valence-corrected chi connectivity index (χ3v) is 3.87. The molecule has 1 N–H and O–H groups in total. The van der Waals surface area contributed by atoms with Gasteiger partial charge in [-0.1, -0.05) is 30.3 Å². The zero-order chi connectivity index (χ0) is 19.8. The van der Waals surface area contributed by atoms with Crippen LogP contribution in [0.15, 0.2) is 53.5 Å². The highest BCUT2D eigenvalue weighted by atomic mass is 16.6. The summed E-state index contributed by atoms with van der Waals surface area (Å²) in [5, 5.41) is 19.7. The fraction of sp³-hybridized carbons (Fsp3) is 0.278. The van der Waals surface area contributed by atoms with Gasteiger partial charge in [-0.3, -0.25) is 29.1 Å². The Morgan fingerprint density at radius 3 is 2.48 bits per heavy atom. The van der Waals surface area contributed by atoms with Crippen LogP contribution in [0.25, 0.3) is 0 Å². The predicted molar refractivity (Wildman–Crippen MR) is 96.1 cm³/mol. The maximum absolute atomic E-state index is 12.7. The van der Waals surface area contributed by atoms with Crippen molar-refractivity contribution >= 4 is 17.6 Å². The molecule has 0 spiro atoms. The molecule has 27 heavy (non-hydrogen) atoms. The van der Waals surface area contributed by atoms with Crippen LogP contribution in [-0.2, 0) is 22.7 Å². The summed E-state index contributed by atoms with van der Waals surface area (Å²) < 4.78 is 0.982. The van der Waals surface area contributed by atoms with Gasteiger partial charge in [-0.15, -0.1) is 0 Å². The predicted octanol–water partition coefficient (Wildman–Crippen LogP) is 1.65. The van der Waals surface area contributed by atoms with Crippen LogP contribution in [0.2, 0.25) is 0 Å². The van der Waals surface area contributed by atoms with Gasteiger partial charge in [0, 0.05) is 31.6 Å². The molecule has 2 rings (SSSR count). The van der Waals surface area contributed by atoms with E-state index in [4.69, 9.17) is 5.11 Å². The molecule has 1 amide bonds.